The molecular formula is C11H19N4O3+. The Morgan fingerprint density at radius 2 is 1.94 bits per heavy atom. The molecular weight excluding hydrogens is 236 g/mol. The summed E-state index contributed by atoms with van der Waals surface area (Å²) in [5, 5.41) is 2.10. The summed E-state index contributed by atoms with van der Waals surface area (Å²) < 4.78 is 0.751. The van der Waals surface area contributed by atoms with Crippen molar-refractivity contribution in [2.24, 2.45) is 10.9 Å². The van der Waals surface area contributed by atoms with Gasteiger partial charge in [-0.05, 0) is 0 Å². The molecule has 0 aromatic rings. The number of hydrogen-bond donors (Lipinski definition) is 1. The molecule has 0 aromatic carbocycles. The summed E-state index contributed by atoms with van der Waals surface area (Å²) in [7, 11) is 7.41. The minimum atomic E-state index is -1.000. The first kappa shape index (κ1) is 14.3. The van der Waals surface area contributed by atoms with Gasteiger partial charge in [-0.25, -0.2) is 4.79 Å². The van der Waals surface area contributed by atoms with Crippen molar-refractivity contribution in [2.45, 2.75) is 0 Å². The zero-order valence-electron chi connectivity index (χ0n) is 11.1. The largest absolute Gasteiger partial charge is 0.330 e. The third-order valence-electron chi connectivity index (χ3n) is 2.57. The normalized spacial score (nSPS) is 21.7. The van der Waals surface area contributed by atoms with Crippen molar-refractivity contribution in [3.05, 3.63) is 0 Å². The fourth-order valence-electron chi connectivity index (χ4n) is 1.36. The van der Waals surface area contributed by atoms with Crippen LogP contribution < -0.4 is 5.32 Å². The van der Waals surface area contributed by atoms with Crippen molar-refractivity contribution < 1.29 is 18.9 Å². The van der Waals surface area contributed by atoms with Crippen molar-refractivity contribution in [1.29, 1.82) is 0 Å². The van der Waals surface area contributed by atoms with Gasteiger partial charge in [0.1, 0.15) is 0 Å². The summed E-state index contributed by atoms with van der Waals surface area (Å²) in [6.07, 6.45) is 1.32. The number of quaternary nitrogens is 1. The average molecular weight is 255 g/mol. The minimum Gasteiger partial charge on any atom is -0.329 e. The van der Waals surface area contributed by atoms with E-state index in [4.69, 9.17) is 0 Å². The van der Waals surface area contributed by atoms with Crippen LogP contribution in [0.1, 0.15) is 0 Å². The lowest BCUT2D eigenvalue weighted by Crippen LogP contribution is -2.56. The molecule has 100 valence electrons. The van der Waals surface area contributed by atoms with Gasteiger partial charge in [-0.2, -0.15) is 0 Å². The van der Waals surface area contributed by atoms with Crippen LogP contribution >= 0.6 is 0 Å². The Labute approximate surface area is 106 Å². The maximum atomic E-state index is 11.7. The molecule has 0 bridgehead atoms. The maximum Gasteiger partial charge on any atom is 0.330 e. The lowest BCUT2D eigenvalue weighted by molar-refractivity contribution is -0.868. The molecule has 4 amide bonds. The molecule has 0 aromatic heterocycles. The zero-order valence-corrected chi connectivity index (χ0v) is 11.1. The first-order valence-electron chi connectivity index (χ1n) is 5.65. The highest BCUT2D eigenvalue weighted by Gasteiger charge is 2.37. The molecule has 0 radical (unpaired) electrons. The van der Waals surface area contributed by atoms with E-state index in [1.54, 1.807) is 0 Å². The lowest BCUT2D eigenvalue weighted by Gasteiger charge is -2.25. The van der Waals surface area contributed by atoms with Crippen LogP contribution in [0.5, 0.6) is 0 Å². The van der Waals surface area contributed by atoms with Crippen LogP contribution in [0.25, 0.3) is 0 Å². The number of rotatable bonds is 4. The number of barbiturate groups is 1. The third-order valence-corrected chi connectivity index (χ3v) is 2.57. The van der Waals surface area contributed by atoms with E-state index in [1.807, 2.05) is 21.1 Å². The number of carbonyl (C=O) groups is 3. The third kappa shape index (κ3) is 3.63. The van der Waals surface area contributed by atoms with Gasteiger partial charge in [0.05, 0.1) is 34.2 Å². The smallest absolute Gasteiger partial charge is 0.329 e. The number of urea groups is 1. The second-order valence-corrected chi connectivity index (χ2v) is 5.24. The molecule has 1 rings (SSSR count). The van der Waals surface area contributed by atoms with Crippen LogP contribution in [-0.4, -0.2) is 74.7 Å². The summed E-state index contributed by atoms with van der Waals surface area (Å²) >= 11 is 0. The van der Waals surface area contributed by atoms with Gasteiger partial charge in [0.25, 0.3) is 0 Å². The van der Waals surface area contributed by atoms with E-state index in [0.717, 1.165) is 15.9 Å². The van der Waals surface area contributed by atoms with Gasteiger partial charge in [-0.3, -0.25) is 24.8 Å². The monoisotopic (exact) mass is 255 g/mol. The molecule has 0 unspecified atom stereocenters. The molecule has 1 aliphatic rings. The number of nitrogens with zero attached hydrogens (tertiary/aromatic N) is 3. The highest BCUT2D eigenvalue weighted by Crippen LogP contribution is 2.06. The van der Waals surface area contributed by atoms with Crippen LogP contribution in [0, 0.1) is 5.92 Å². The van der Waals surface area contributed by atoms with E-state index in [0.29, 0.717) is 6.54 Å². The van der Waals surface area contributed by atoms with Crippen molar-refractivity contribution >= 4 is 24.1 Å². The van der Waals surface area contributed by atoms with E-state index in [-0.39, 0.29) is 0 Å². The van der Waals surface area contributed by atoms with E-state index >= 15 is 0 Å². The van der Waals surface area contributed by atoms with Crippen molar-refractivity contribution in [1.82, 2.24) is 10.2 Å². The van der Waals surface area contributed by atoms with Crippen LogP contribution in [-0.2, 0) is 9.59 Å². The number of carbonyl (C=O) groups excluding carboxylic acids is 3. The van der Waals surface area contributed by atoms with E-state index in [1.165, 1.54) is 13.3 Å². The van der Waals surface area contributed by atoms with Gasteiger partial charge in [-0.1, -0.05) is 0 Å². The topological polar surface area (TPSA) is 78.8 Å². The van der Waals surface area contributed by atoms with Gasteiger partial charge in [0.15, 0.2) is 5.92 Å². The standard InChI is InChI=1S/C11H18N4O3/c1-14-10(17)8(9(16)13-11(14)18)7-12-5-6-15(2,3)4/h7-8H,5-6H2,1-4H3/p+1/t8-/m1/s1. The van der Waals surface area contributed by atoms with Gasteiger partial charge in [-0.15, -0.1) is 0 Å². The molecule has 7 nitrogen and oxygen atoms in total. The van der Waals surface area contributed by atoms with Gasteiger partial charge < -0.3 is 4.48 Å². The highest BCUT2D eigenvalue weighted by molar-refractivity contribution is 6.23. The molecule has 0 aliphatic carbocycles. The van der Waals surface area contributed by atoms with Crippen molar-refractivity contribution in [3.8, 4) is 0 Å². The minimum absolute atomic E-state index is 0.526. The predicted molar refractivity (Wildman–Crippen MR) is 66.1 cm³/mol. The fraction of sp³-hybridized carbons (Fsp3) is 0.636. The maximum absolute atomic E-state index is 11.7. The van der Waals surface area contributed by atoms with E-state index in [2.05, 4.69) is 10.3 Å². The number of amides is 4. The molecule has 1 N–H and O–H groups in total. The molecule has 18 heavy (non-hydrogen) atoms. The SMILES string of the molecule is CN1C(=O)NC(=O)[C@@H](C=NCC[N+](C)(C)C)C1=O. The number of likely N-dealkylation sites (N-methyl/N-ethyl adjacent to an activating group) is 1. The molecule has 1 aliphatic heterocycles. The summed E-state index contributed by atoms with van der Waals surface area (Å²) in [4.78, 5) is 39.3. The number of nitrogens with one attached hydrogen (secondary N) is 1. The van der Waals surface area contributed by atoms with Crippen molar-refractivity contribution in [3.63, 3.8) is 0 Å². The number of aliphatic imine (C=N–C) groups is 1. The summed E-state index contributed by atoms with van der Waals surface area (Å²) in [5.74, 6) is -2.16. The van der Waals surface area contributed by atoms with Gasteiger partial charge in [0, 0.05) is 13.3 Å². The zero-order chi connectivity index (χ0) is 13.9. The quantitative estimate of drug-likeness (QED) is 0.401. The fourth-order valence-corrected chi connectivity index (χ4v) is 1.36. The first-order chi connectivity index (χ1) is 8.22. The Kier molecular flexibility index (Phi) is 4.18. The molecule has 1 atom stereocenters. The Morgan fingerprint density at radius 3 is 2.50 bits per heavy atom. The number of hydrogen-bond acceptors (Lipinski definition) is 4. The van der Waals surface area contributed by atoms with Crippen molar-refractivity contribution in [2.75, 3.05) is 41.3 Å². The number of imide groups is 2. The van der Waals surface area contributed by atoms with E-state index in [9.17, 15) is 14.4 Å². The Balaban J connectivity index is 2.60. The average Bonchev–Trinajstić information content (AvgIpc) is 2.23. The van der Waals surface area contributed by atoms with E-state index < -0.39 is 23.8 Å². The molecule has 0 saturated carbocycles. The molecule has 7 heteroatoms. The second-order valence-electron chi connectivity index (χ2n) is 5.24. The van der Waals surface area contributed by atoms with Gasteiger partial charge >= 0.3 is 6.03 Å². The van der Waals surface area contributed by atoms with Crippen LogP contribution in [0.4, 0.5) is 4.79 Å². The molecule has 1 heterocycles. The lowest BCUT2D eigenvalue weighted by atomic mass is 10.1. The van der Waals surface area contributed by atoms with Crippen LogP contribution in [0.15, 0.2) is 4.99 Å². The summed E-state index contributed by atoms with van der Waals surface area (Å²) in [5.41, 5.74) is 0. The Bertz CT molecular complexity index is 398. The Morgan fingerprint density at radius 1 is 1.33 bits per heavy atom. The molecule has 0 spiro atoms. The summed E-state index contributed by atoms with van der Waals surface area (Å²) in [6.45, 7) is 1.33. The highest BCUT2D eigenvalue weighted by atomic mass is 16.2. The van der Waals surface area contributed by atoms with Gasteiger partial charge in [0.2, 0.25) is 11.8 Å². The Hall–Kier alpha value is -1.76. The van der Waals surface area contributed by atoms with Crippen LogP contribution in [0.3, 0.4) is 0 Å². The summed E-state index contributed by atoms with van der Waals surface area (Å²) in [6, 6.07) is -0.694. The predicted octanol–water partition coefficient (Wildman–Crippen LogP) is -0.912. The first-order valence-corrected chi connectivity index (χ1v) is 5.65. The molecule has 1 saturated heterocycles. The molecule has 1 fully saturated rings. The van der Waals surface area contributed by atoms with Crippen LogP contribution in [0.2, 0.25) is 0 Å². The second kappa shape index (κ2) is 5.26.